The highest BCUT2D eigenvalue weighted by atomic mass is 16.3. The molecule has 0 saturated carbocycles. The number of benzene rings is 2. The topological polar surface area (TPSA) is 90.7 Å². The third-order valence-electron chi connectivity index (χ3n) is 4.24. The van der Waals surface area contributed by atoms with Crippen LogP contribution in [-0.4, -0.2) is 9.67 Å². The van der Waals surface area contributed by atoms with Crippen LogP contribution in [-0.2, 0) is 6.54 Å². The van der Waals surface area contributed by atoms with E-state index in [0.29, 0.717) is 24.2 Å². The molecule has 26 heavy (non-hydrogen) atoms. The van der Waals surface area contributed by atoms with Crippen molar-refractivity contribution in [2.45, 2.75) is 26.8 Å². The van der Waals surface area contributed by atoms with E-state index in [1.54, 1.807) is 6.92 Å². The number of aromatic nitrogens is 1. The molecule has 6 nitrogen and oxygen atoms in total. The minimum atomic E-state index is -0.454. The van der Waals surface area contributed by atoms with Gasteiger partial charge in [-0.05, 0) is 24.8 Å². The van der Waals surface area contributed by atoms with Gasteiger partial charge >= 0.3 is 0 Å². The highest BCUT2D eigenvalue weighted by Gasteiger charge is 2.18. The van der Waals surface area contributed by atoms with Crippen molar-refractivity contribution in [2.24, 2.45) is 10.2 Å². The van der Waals surface area contributed by atoms with Crippen LogP contribution in [0.3, 0.4) is 0 Å². The minimum Gasteiger partial charge on any atom is -0.493 e. The van der Waals surface area contributed by atoms with Gasteiger partial charge in [-0.25, -0.2) is 0 Å². The van der Waals surface area contributed by atoms with E-state index in [-0.39, 0.29) is 17.1 Å². The van der Waals surface area contributed by atoms with Gasteiger partial charge in [0.15, 0.2) is 5.69 Å². The van der Waals surface area contributed by atoms with Gasteiger partial charge in [-0.15, -0.1) is 10.2 Å². The molecule has 0 atom stereocenters. The molecule has 3 rings (SSSR count). The molecule has 0 bridgehead atoms. The highest BCUT2D eigenvalue weighted by Crippen LogP contribution is 2.29. The number of rotatable bonds is 4. The van der Waals surface area contributed by atoms with Crippen LogP contribution in [0.2, 0.25) is 0 Å². The summed E-state index contributed by atoms with van der Waals surface area (Å²) in [6, 6.07) is 15.4. The number of hydrogen-bond acceptors (Lipinski definition) is 5. The third-order valence-corrected chi connectivity index (χ3v) is 4.24. The molecular weight excluding hydrogens is 328 g/mol. The van der Waals surface area contributed by atoms with Gasteiger partial charge in [0, 0.05) is 17.5 Å². The lowest BCUT2D eigenvalue weighted by Gasteiger charge is -2.12. The molecule has 6 heteroatoms. The molecule has 0 unspecified atom stereocenters. The second-order valence-electron chi connectivity index (χ2n) is 5.94. The van der Waals surface area contributed by atoms with Crippen molar-refractivity contribution in [3.05, 3.63) is 63.9 Å². The summed E-state index contributed by atoms with van der Waals surface area (Å²) in [7, 11) is 0. The molecule has 1 heterocycles. The number of azo groups is 1. The normalized spacial score (nSPS) is 11.1. The maximum atomic E-state index is 12.7. The zero-order valence-corrected chi connectivity index (χ0v) is 14.6. The van der Waals surface area contributed by atoms with E-state index in [1.165, 1.54) is 4.57 Å². The second kappa shape index (κ2) is 7.19. The Labute approximate surface area is 150 Å². The van der Waals surface area contributed by atoms with E-state index < -0.39 is 5.56 Å². The molecule has 130 valence electrons. The quantitative estimate of drug-likeness (QED) is 0.693. The van der Waals surface area contributed by atoms with Crippen LogP contribution in [0.5, 0.6) is 5.88 Å². The van der Waals surface area contributed by atoms with Gasteiger partial charge in [0.05, 0.1) is 5.69 Å². The number of aromatic hydroxyl groups is 1. The standard InChI is InChI=1S/C20H18N4O2/c1-3-11-24-19(25)16(12-21)13(2)18(20(24)26)23-22-17-10-6-8-14-7-4-5-9-15(14)17/h4-10,25H,3,11H2,1-2H3. The van der Waals surface area contributed by atoms with Gasteiger partial charge in [0.2, 0.25) is 5.88 Å². The summed E-state index contributed by atoms with van der Waals surface area (Å²) in [6.07, 6.45) is 0.640. The number of pyridine rings is 1. The molecule has 0 saturated heterocycles. The molecule has 3 aromatic rings. The van der Waals surface area contributed by atoms with Crippen molar-refractivity contribution in [1.29, 1.82) is 5.26 Å². The van der Waals surface area contributed by atoms with Crippen LogP contribution < -0.4 is 5.56 Å². The Kier molecular flexibility index (Phi) is 4.81. The molecule has 0 aliphatic rings. The number of nitrogens with zero attached hydrogens (tertiary/aromatic N) is 4. The van der Waals surface area contributed by atoms with Gasteiger partial charge < -0.3 is 5.11 Å². The molecule has 0 amide bonds. The van der Waals surface area contributed by atoms with Crippen LogP contribution in [0.1, 0.15) is 24.5 Å². The Hall–Kier alpha value is -3.46. The summed E-state index contributed by atoms with van der Waals surface area (Å²) in [5, 5.41) is 29.9. The second-order valence-corrected chi connectivity index (χ2v) is 5.94. The van der Waals surface area contributed by atoms with E-state index in [1.807, 2.05) is 55.5 Å². The van der Waals surface area contributed by atoms with E-state index >= 15 is 0 Å². The largest absolute Gasteiger partial charge is 0.493 e. The SMILES string of the molecule is CCCn1c(O)c(C#N)c(C)c(N=Nc2cccc3ccccc23)c1=O. The zero-order valence-electron chi connectivity index (χ0n) is 14.6. The third kappa shape index (κ3) is 2.95. The molecule has 1 N–H and O–H groups in total. The molecule has 0 spiro atoms. The van der Waals surface area contributed by atoms with E-state index in [0.717, 1.165) is 10.8 Å². The summed E-state index contributed by atoms with van der Waals surface area (Å²) in [4.78, 5) is 12.7. The maximum absolute atomic E-state index is 12.7. The van der Waals surface area contributed by atoms with Gasteiger partial charge in [-0.1, -0.05) is 43.3 Å². The predicted octanol–water partition coefficient (Wildman–Crippen LogP) is 4.71. The lowest BCUT2D eigenvalue weighted by Crippen LogP contribution is -2.21. The molecule has 1 aromatic heterocycles. The Morgan fingerprint density at radius 3 is 2.62 bits per heavy atom. The lowest BCUT2D eigenvalue weighted by atomic mass is 10.1. The molecule has 0 radical (unpaired) electrons. The summed E-state index contributed by atoms with van der Waals surface area (Å²) in [5.74, 6) is -0.319. The number of fused-ring (bicyclic) bond motifs is 1. The van der Waals surface area contributed by atoms with Crippen LogP contribution in [0.15, 0.2) is 57.5 Å². The summed E-state index contributed by atoms with van der Waals surface area (Å²) < 4.78 is 1.17. The van der Waals surface area contributed by atoms with Crippen LogP contribution in [0.4, 0.5) is 11.4 Å². The fourth-order valence-electron chi connectivity index (χ4n) is 2.89. The van der Waals surface area contributed by atoms with Crippen molar-refractivity contribution in [1.82, 2.24) is 4.57 Å². The van der Waals surface area contributed by atoms with Gasteiger partial charge in [0.25, 0.3) is 5.56 Å². The van der Waals surface area contributed by atoms with Gasteiger partial charge in [-0.2, -0.15) is 5.26 Å². The average molecular weight is 346 g/mol. The molecule has 0 fully saturated rings. The Balaban J connectivity index is 2.18. The van der Waals surface area contributed by atoms with Crippen molar-refractivity contribution < 1.29 is 5.11 Å². The van der Waals surface area contributed by atoms with Gasteiger partial charge in [0.1, 0.15) is 11.6 Å². The van der Waals surface area contributed by atoms with Gasteiger partial charge in [-0.3, -0.25) is 9.36 Å². The monoisotopic (exact) mass is 346 g/mol. The van der Waals surface area contributed by atoms with Crippen LogP contribution in [0.25, 0.3) is 10.8 Å². The summed E-state index contributed by atoms with van der Waals surface area (Å²) in [6.45, 7) is 3.78. The molecule has 0 aliphatic carbocycles. The van der Waals surface area contributed by atoms with Crippen molar-refractivity contribution >= 4 is 22.1 Å². The average Bonchev–Trinajstić information content (AvgIpc) is 2.65. The Morgan fingerprint density at radius 1 is 1.15 bits per heavy atom. The van der Waals surface area contributed by atoms with E-state index in [9.17, 15) is 15.2 Å². The Bertz CT molecular complexity index is 1100. The smallest absolute Gasteiger partial charge is 0.281 e. The molecule has 0 aliphatic heterocycles. The van der Waals surface area contributed by atoms with Crippen molar-refractivity contribution in [3.63, 3.8) is 0 Å². The first-order valence-corrected chi connectivity index (χ1v) is 8.34. The van der Waals surface area contributed by atoms with Crippen molar-refractivity contribution in [3.8, 4) is 11.9 Å². The first-order valence-electron chi connectivity index (χ1n) is 8.34. The van der Waals surface area contributed by atoms with E-state index in [4.69, 9.17) is 0 Å². The first-order chi connectivity index (χ1) is 12.6. The maximum Gasteiger partial charge on any atom is 0.281 e. The molecular formula is C20H18N4O2. The van der Waals surface area contributed by atoms with Crippen LogP contribution in [0, 0.1) is 18.3 Å². The summed E-state index contributed by atoms with van der Waals surface area (Å²) in [5.41, 5.74) is 0.623. The fourth-order valence-corrected chi connectivity index (χ4v) is 2.89. The highest BCUT2D eigenvalue weighted by molar-refractivity contribution is 5.92. The number of nitriles is 1. The molecule has 2 aromatic carbocycles. The lowest BCUT2D eigenvalue weighted by molar-refractivity contribution is 0.402. The number of hydrogen-bond donors (Lipinski definition) is 1. The van der Waals surface area contributed by atoms with Crippen molar-refractivity contribution in [2.75, 3.05) is 0 Å². The fraction of sp³-hybridized carbons (Fsp3) is 0.200. The Morgan fingerprint density at radius 2 is 1.88 bits per heavy atom. The van der Waals surface area contributed by atoms with Crippen LogP contribution >= 0.6 is 0 Å². The van der Waals surface area contributed by atoms with E-state index in [2.05, 4.69) is 10.2 Å². The zero-order chi connectivity index (χ0) is 18.7. The summed E-state index contributed by atoms with van der Waals surface area (Å²) >= 11 is 0. The minimum absolute atomic E-state index is 0.0462. The predicted molar refractivity (Wildman–Crippen MR) is 100 cm³/mol. The first kappa shape index (κ1) is 17.4.